The molecule has 4 heteroatoms. The van der Waals surface area contributed by atoms with E-state index in [9.17, 15) is 4.79 Å². The average Bonchev–Trinajstić information content (AvgIpc) is 2.54. The Labute approximate surface area is 131 Å². The first-order valence-electron chi connectivity index (χ1n) is 7.49. The molecule has 116 valence electrons. The summed E-state index contributed by atoms with van der Waals surface area (Å²) in [5.41, 5.74) is 7.37. The molecule has 1 amide bonds. The Balaban J connectivity index is 2.08. The van der Waals surface area contributed by atoms with E-state index in [1.165, 1.54) is 0 Å². The van der Waals surface area contributed by atoms with Crippen LogP contribution in [-0.4, -0.2) is 17.2 Å². The van der Waals surface area contributed by atoms with Crippen LogP contribution in [0.4, 0.5) is 0 Å². The number of hydrogen-bond acceptors (Lipinski definition) is 3. The van der Waals surface area contributed by atoms with E-state index in [0.717, 1.165) is 11.1 Å². The molecule has 0 aliphatic carbocycles. The van der Waals surface area contributed by atoms with Gasteiger partial charge in [0.1, 0.15) is 6.23 Å². The Hall–Kier alpha value is -2.17. The van der Waals surface area contributed by atoms with Gasteiger partial charge in [0.05, 0.1) is 6.04 Å². The molecule has 0 heterocycles. The van der Waals surface area contributed by atoms with Crippen molar-refractivity contribution in [3.05, 3.63) is 71.8 Å². The lowest BCUT2D eigenvalue weighted by Gasteiger charge is -2.20. The van der Waals surface area contributed by atoms with Gasteiger partial charge in [-0.1, -0.05) is 60.7 Å². The second-order valence-electron chi connectivity index (χ2n) is 5.28. The lowest BCUT2D eigenvalue weighted by Crippen LogP contribution is -2.29. The molecule has 0 saturated carbocycles. The van der Waals surface area contributed by atoms with E-state index in [0.29, 0.717) is 19.3 Å². The zero-order valence-corrected chi connectivity index (χ0v) is 12.5. The molecule has 4 N–H and O–H groups in total. The van der Waals surface area contributed by atoms with E-state index in [1.54, 1.807) is 0 Å². The van der Waals surface area contributed by atoms with Crippen molar-refractivity contribution in [1.29, 1.82) is 0 Å². The SMILES string of the molecule is NC(O)CCCC(=O)NC(c1ccccc1)c1ccccc1. The van der Waals surface area contributed by atoms with Crippen LogP contribution in [0.1, 0.15) is 36.4 Å². The molecule has 0 spiro atoms. The molecule has 0 bridgehead atoms. The predicted molar refractivity (Wildman–Crippen MR) is 86.9 cm³/mol. The van der Waals surface area contributed by atoms with Crippen LogP contribution in [0.2, 0.25) is 0 Å². The van der Waals surface area contributed by atoms with Gasteiger partial charge in [-0.05, 0) is 24.0 Å². The highest BCUT2D eigenvalue weighted by atomic mass is 16.3. The van der Waals surface area contributed by atoms with Crippen molar-refractivity contribution in [3.8, 4) is 0 Å². The predicted octanol–water partition coefficient (Wildman–Crippen LogP) is 2.34. The summed E-state index contributed by atoms with van der Waals surface area (Å²) >= 11 is 0. The van der Waals surface area contributed by atoms with E-state index in [4.69, 9.17) is 10.8 Å². The van der Waals surface area contributed by atoms with Crippen molar-refractivity contribution in [2.45, 2.75) is 31.5 Å². The maximum atomic E-state index is 12.1. The number of nitrogens with two attached hydrogens (primary N) is 1. The minimum atomic E-state index is -0.855. The number of carbonyl (C=O) groups is 1. The van der Waals surface area contributed by atoms with Crippen molar-refractivity contribution < 1.29 is 9.90 Å². The Morgan fingerprint density at radius 3 is 1.95 bits per heavy atom. The topological polar surface area (TPSA) is 75.3 Å². The van der Waals surface area contributed by atoms with E-state index < -0.39 is 6.23 Å². The van der Waals surface area contributed by atoms with Gasteiger partial charge in [0.25, 0.3) is 0 Å². The number of carbonyl (C=O) groups excluding carboxylic acids is 1. The summed E-state index contributed by atoms with van der Waals surface area (Å²) in [6.45, 7) is 0. The van der Waals surface area contributed by atoms with Crippen molar-refractivity contribution in [2.75, 3.05) is 0 Å². The molecule has 0 aliphatic heterocycles. The molecule has 4 nitrogen and oxygen atoms in total. The maximum absolute atomic E-state index is 12.1. The highest BCUT2D eigenvalue weighted by molar-refractivity contribution is 5.77. The van der Waals surface area contributed by atoms with Gasteiger partial charge in [0.2, 0.25) is 5.91 Å². The summed E-state index contributed by atoms with van der Waals surface area (Å²) in [7, 11) is 0. The number of aliphatic hydroxyl groups is 1. The first-order valence-corrected chi connectivity index (χ1v) is 7.49. The number of nitrogens with one attached hydrogen (secondary N) is 1. The van der Waals surface area contributed by atoms with Crippen LogP contribution in [0.15, 0.2) is 60.7 Å². The lowest BCUT2D eigenvalue weighted by molar-refractivity contribution is -0.121. The van der Waals surface area contributed by atoms with Crippen molar-refractivity contribution in [1.82, 2.24) is 5.32 Å². The molecule has 0 aliphatic rings. The second kappa shape index (κ2) is 8.32. The smallest absolute Gasteiger partial charge is 0.220 e. The van der Waals surface area contributed by atoms with Crippen LogP contribution < -0.4 is 11.1 Å². The molecule has 2 aromatic carbocycles. The number of amides is 1. The summed E-state index contributed by atoms with van der Waals surface area (Å²) < 4.78 is 0. The lowest BCUT2D eigenvalue weighted by atomic mass is 9.98. The highest BCUT2D eigenvalue weighted by Crippen LogP contribution is 2.21. The molecule has 0 radical (unpaired) electrons. The van der Waals surface area contributed by atoms with Crippen LogP contribution in [-0.2, 0) is 4.79 Å². The van der Waals surface area contributed by atoms with Gasteiger partial charge in [-0.3, -0.25) is 4.79 Å². The third-order valence-corrected chi connectivity index (χ3v) is 3.47. The van der Waals surface area contributed by atoms with Crippen LogP contribution in [0.3, 0.4) is 0 Å². The summed E-state index contributed by atoms with van der Waals surface area (Å²) in [5.74, 6) is -0.0432. The van der Waals surface area contributed by atoms with Crippen molar-refractivity contribution >= 4 is 5.91 Å². The van der Waals surface area contributed by atoms with Gasteiger partial charge < -0.3 is 16.2 Å². The monoisotopic (exact) mass is 298 g/mol. The number of hydrogen-bond donors (Lipinski definition) is 3. The fourth-order valence-corrected chi connectivity index (χ4v) is 2.36. The third kappa shape index (κ3) is 4.98. The van der Waals surface area contributed by atoms with Gasteiger partial charge in [-0.2, -0.15) is 0 Å². The van der Waals surface area contributed by atoms with Crippen LogP contribution in [0.25, 0.3) is 0 Å². The first kappa shape index (κ1) is 16.2. The molecule has 2 rings (SSSR count). The number of rotatable bonds is 7. The number of benzene rings is 2. The molecule has 22 heavy (non-hydrogen) atoms. The quantitative estimate of drug-likeness (QED) is 0.687. The third-order valence-electron chi connectivity index (χ3n) is 3.47. The molecule has 0 saturated heterocycles. The summed E-state index contributed by atoms with van der Waals surface area (Å²) in [5, 5.41) is 12.1. The Kier molecular flexibility index (Phi) is 6.13. The van der Waals surface area contributed by atoms with Crippen LogP contribution in [0.5, 0.6) is 0 Å². The molecular weight excluding hydrogens is 276 g/mol. The van der Waals surface area contributed by atoms with Crippen molar-refractivity contribution in [2.24, 2.45) is 5.73 Å². The van der Waals surface area contributed by atoms with Gasteiger partial charge in [0, 0.05) is 6.42 Å². The summed E-state index contributed by atoms with van der Waals surface area (Å²) in [4.78, 5) is 12.1. The average molecular weight is 298 g/mol. The van der Waals surface area contributed by atoms with Crippen LogP contribution in [0, 0.1) is 0 Å². The summed E-state index contributed by atoms with van der Waals surface area (Å²) in [6.07, 6.45) is 0.491. The molecular formula is C18H22N2O2. The Morgan fingerprint density at radius 2 is 1.50 bits per heavy atom. The van der Waals surface area contributed by atoms with E-state index in [-0.39, 0.29) is 11.9 Å². The van der Waals surface area contributed by atoms with E-state index in [2.05, 4.69) is 5.32 Å². The minimum absolute atomic E-state index is 0.0432. The minimum Gasteiger partial charge on any atom is -0.379 e. The van der Waals surface area contributed by atoms with Crippen LogP contribution >= 0.6 is 0 Å². The molecule has 1 atom stereocenters. The Bertz CT molecular complexity index is 531. The summed E-state index contributed by atoms with van der Waals surface area (Å²) in [6, 6.07) is 19.6. The van der Waals surface area contributed by atoms with Gasteiger partial charge in [-0.25, -0.2) is 0 Å². The van der Waals surface area contributed by atoms with Gasteiger partial charge in [0.15, 0.2) is 0 Å². The van der Waals surface area contributed by atoms with Gasteiger partial charge in [-0.15, -0.1) is 0 Å². The molecule has 0 aromatic heterocycles. The molecule has 0 fully saturated rings. The van der Waals surface area contributed by atoms with E-state index in [1.807, 2.05) is 60.7 Å². The van der Waals surface area contributed by atoms with Gasteiger partial charge >= 0.3 is 0 Å². The van der Waals surface area contributed by atoms with Crippen molar-refractivity contribution in [3.63, 3.8) is 0 Å². The molecule has 2 aromatic rings. The largest absolute Gasteiger partial charge is 0.379 e. The fraction of sp³-hybridized carbons (Fsp3) is 0.278. The standard InChI is InChI=1S/C18H22N2O2/c19-16(21)12-7-13-17(22)20-18(14-8-3-1-4-9-14)15-10-5-2-6-11-15/h1-6,8-11,16,18,21H,7,12-13,19H2,(H,20,22). The molecule has 1 unspecified atom stereocenters. The highest BCUT2D eigenvalue weighted by Gasteiger charge is 2.16. The normalized spacial score (nSPS) is 12.1. The second-order valence-corrected chi connectivity index (χ2v) is 5.28. The Morgan fingerprint density at radius 1 is 1.00 bits per heavy atom. The zero-order valence-electron chi connectivity index (χ0n) is 12.5. The van der Waals surface area contributed by atoms with E-state index >= 15 is 0 Å². The number of aliphatic hydroxyl groups excluding tert-OH is 1. The zero-order chi connectivity index (χ0) is 15.8. The maximum Gasteiger partial charge on any atom is 0.220 e. The first-order chi connectivity index (χ1) is 10.7. The fourth-order valence-electron chi connectivity index (χ4n) is 2.36.